The number of nitrogens with zero attached hydrogens (tertiary/aromatic N) is 3. The molecule has 0 spiro atoms. The first kappa shape index (κ1) is 48.6. The Labute approximate surface area is 319 Å². The fourth-order valence-electron chi connectivity index (χ4n) is 7.37. The third kappa shape index (κ3) is 10.4. The Bertz CT molecular complexity index is 1520. The molecule has 0 saturated heterocycles. The summed E-state index contributed by atoms with van der Waals surface area (Å²) in [6, 6.07) is 0. The van der Waals surface area contributed by atoms with E-state index < -0.39 is 93.8 Å². The lowest BCUT2D eigenvalue weighted by molar-refractivity contribution is -0.192. The molecule has 1 heterocycles. The van der Waals surface area contributed by atoms with Gasteiger partial charge in [0.05, 0.1) is 50.8 Å². The summed E-state index contributed by atoms with van der Waals surface area (Å²) in [4.78, 5) is 66.5. The predicted octanol–water partition coefficient (Wildman–Crippen LogP) is 3.52. The van der Waals surface area contributed by atoms with Crippen LogP contribution >= 0.6 is 11.8 Å². The minimum absolute atomic E-state index is 0.183. The van der Waals surface area contributed by atoms with Gasteiger partial charge in [0.25, 0.3) is 0 Å². The zero-order valence-corrected chi connectivity index (χ0v) is 35.1. The number of thioether (sulfide) groups is 1. The van der Waals surface area contributed by atoms with E-state index >= 15 is 0 Å². The van der Waals surface area contributed by atoms with Crippen molar-refractivity contribution in [2.45, 2.75) is 181 Å². The molecule has 0 saturated carbocycles. The molecule has 0 fully saturated rings. The summed E-state index contributed by atoms with van der Waals surface area (Å²) in [7, 11) is 1.22. The van der Waals surface area contributed by atoms with Gasteiger partial charge < -0.3 is 29.9 Å². The Kier molecular flexibility index (Phi) is 18.3. The molecule has 4 atom stereocenters. The predicted molar refractivity (Wildman–Crippen MR) is 207 cm³/mol. The Morgan fingerprint density at radius 3 is 1.53 bits per heavy atom. The smallest absolute Gasteiger partial charge is 0.336 e. The van der Waals surface area contributed by atoms with Gasteiger partial charge in [-0.05, 0) is 51.9 Å². The maximum atomic E-state index is 14.0. The maximum Gasteiger partial charge on any atom is 0.336 e. The summed E-state index contributed by atoms with van der Waals surface area (Å²) in [5, 5.41) is 43.1. The van der Waals surface area contributed by atoms with Crippen LogP contribution in [-0.2, 0) is 39.2 Å². The highest BCUT2D eigenvalue weighted by Crippen LogP contribution is 2.52. The van der Waals surface area contributed by atoms with E-state index in [0.717, 1.165) is 13.7 Å². The fraction of sp³-hybridized carbons (Fsp3) is 0.868. The highest BCUT2D eigenvalue weighted by atomic mass is 32.2. The van der Waals surface area contributed by atoms with Crippen molar-refractivity contribution in [1.29, 1.82) is 0 Å². The number of carbonyl (C=O) groups excluding carboxylic acids is 2. The van der Waals surface area contributed by atoms with E-state index in [-0.39, 0.29) is 31.4 Å². The Hall–Kier alpha value is -2.46. The summed E-state index contributed by atoms with van der Waals surface area (Å²) in [5.41, 5.74) is -6.89. The zero-order valence-electron chi connectivity index (χ0n) is 34.3. The second-order valence-electron chi connectivity index (χ2n) is 15.3. The van der Waals surface area contributed by atoms with E-state index in [0.29, 0.717) is 32.1 Å². The standard InChI is InChI=1S/C38H69N3O11S/c1-13-35(10,14-2)51-29(46)20-21-30(47)52-37(16-4,17-5)34(8,9)27(44)22-40-31(48)39(12)32(49)41(33(40)50)23-28(45)36(11,15-3)38(18-6,19-7)53-25-26(43)24-42/h26-28,42-45H,13-25H2,1-12H3. The highest BCUT2D eigenvalue weighted by Gasteiger charge is 2.51. The van der Waals surface area contributed by atoms with Crippen LogP contribution in [-0.4, -0.2) is 92.7 Å². The van der Waals surface area contributed by atoms with Gasteiger partial charge in [0.2, 0.25) is 0 Å². The summed E-state index contributed by atoms with van der Waals surface area (Å²) < 4.78 is 13.3. The van der Waals surface area contributed by atoms with Gasteiger partial charge in [-0.2, -0.15) is 11.8 Å². The molecule has 1 aromatic rings. The number of aromatic nitrogens is 3. The first-order chi connectivity index (χ1) is 24.5. The van der Waals surface area contributed by atoms with Gasteiger partial charge in [-0.1, -0.05) is 69.2 Å². The van der Waals surface area contributed by atoms with E-state index in [2.05, 4.69) is 0 Å². The summed E-state index contributed by atoms with van der Waals surface area (Å²) in [6.07, 6.45) is -0.644. The van der Waals surface area contributed by atoms with Crippen molar-refractivity contribution in [3.05, 3.63) is 31.5 Å². The van der Waals surface area contributed by atoms with Crippen LogP contribution in [0.5, 0.6) is 0 Å². The average Bonchev–Trinajstić information content (AvgIpc) is 3.15. The normalized spacial score (nSPS) is 15.8. The second-order valence-corrected chi connectivity index (χ2v) is 16.7. The van der Waals surface area contributed by atoms with Crippen molar-refractivity contribution >= 4 is 23.7 Å². The molecule has 308 valence electrons. The first-order valence-corrected chi connectivity index (χ1v) is 20.2. The summed E-state index contributed by atoms with van der Waals surface area (Å²) in [6.45, 7) is 18.9. The molecule has 1 aromatic heterocycles. The molecule has 0 radical (unpaired) electrons. The van der Waals surface area contributed by atoms with E-state index in [1.54, 1.807) is 27.7 Å². The van der Waals surface area contributed by atoms with Crippen molar-refractivity contribution in [2.24, 2.45) is 17.9 Å². The first-order valence-electron chi connectivity index (χ1n) is 19.2. The molecule has 4 unspecified atom stereocenters. The van der Waals surface area contributed by atoms with Crippen LogP contribution < -0.4 is 17.1 Å². The van der Waals surface area contributed by atoms with Crippen LogP contribution in [0.15, 0.2) is 14.4 Å². The molecule has 14 nitrogen and oxygen atoms in total. The topological polar surface area (TPSA) is 200 Å². The number of hydrogen-bond acceptors (Lipinski definition) is 12. The van der Waals surface area contributed by atoms with Crippen LogP contribution in [0.1, 0.15) is 134 Å². The number of aliphatic hydroxyl groups is 4. The average molecular weight is 776 g/mol. The van der Waals surface area contributed by atoms with E-state index in [1.165, 1.54) is 18.8 Å². The van der Waals surface area contributed by atoms with E-state index in [1.807, 2.05) is 48.5 Å². The molecule has 0 aliphatic carbocycles. The molecule has 0 aromatic carbocycles. The highest BCUT2D eigenvalue weighted by molar-refractivity contribution is 8.00. The molecule has 1 rings (SSSR count). The fourth-order valence-corrected chi connectivity index (χ4v) is 9.01. The minimum atomic E-state index is -1.43. The molecule has 0 bridgehead atoms. The number of rotatable bonds is 24. The van der Waals surface area contributed by atoms with Gasteiger partial charge >= 0.3 is 29.0 Å². The summed E-state index contributed by atoms with van der Waals surface area (Å²) >= 11 is 1.43. The number of esters is 2. The Morgan fingerprint density at radius 1 is 0.679 bits per heavy atom. The minimum Gasteiger partial charge on any atom is -0.459 e. The quantitative estimate of drug-likeness (QED) is 0.112. The molecule has 4 N–H and O–H groups in total. The Morgan fingerprint density at radius 2 is 1.13 bits per heavy atom. The molecule has 53 heavy (non-hydrogen) atoms. The maximum absolute atomic E-state index is 14.0. The van der Waals surface area contributed by atoms with Crippen molar-refractivity contribution in [3.63, 3.8) is 0 Å². The van der Waals surface area contributed by atoms with Crippen LogP contribution in [0, 0.1) is 10.8 Å². The van der Waals surface area contributed by atoms with Gasteiger partial charge in [-0.25, -0.2) is 28.1 Å². The second kappa shape index (κ2) is 19.9. The monoisotopic (exact) mass is 775 g/mol. The third-order valence-corrected chi connectivity index (χ3v) is 14.6. The lowest BCUT2D eigenvalue weighted by atomic mass is 9.67. The molecule has 0 aliphatic rings. The van der Waals surface area contributed by atoms with Crippen LogP contribution in [0.25, 0.3) is 0 Å². The van der Waals surface area contributed by atoms with Gasteiger partial charge in [0.15, 0.2) is 0 Å². The van der Waals surface area contributed by atoms with Crippen LogP contribution in [0.2, 0.25) is 0 Å². The third-order valence-electron chi connectivity index (χ3n) is 12.5. The number of carbonyl (C=O) groups is 2. The Balaban J connectivity index is 3.52. The number of hydrogen-bond donors (Lipinski definition) is 4. The number of ether oxygens (including phenoxy) is 2. The molecule has 0 aliphatic heterocycles. The van der Waals surface area contributed by atoms with Crippen LogP contribution in [0.3, 0.4) is 0 Å². The lowest BCUT2D eigenvalue weighted by Crippen LogP contribution is -2.60. The largest absolute Gasteiger partial charge is 0.459 e. The lowest BCUT2D eigenvalue weighted by Gasteiger charge is -2.50. The number of aliphatic hydroxyl groups excluding tert-OH is 4. The molecular weight excluding hydrogens is 706 g/mol. The molecular formula is C38H69N3O11S. The SMILES string of the molecule is CCC(C)(CC)OC(=O)CCC(=O)OC(CC)(CC)C(C)(C)C(O)Cn1c(=O)n(C)c(=O)n(CC(O)C(C)(CC)C(CC)(CC)SCC(O)CO)c1=O. The van der Waals surface area contributed by atoms with Gasteiger partial charge in [0.1, 0.15) is 11.2 Å². The zero-order chi connectivity index (χ0) is 41.2. The van der Waals surface area contributed by atoms with E-state index in [9.17, 15) is 44.4 Å². The van der Waals surface area contributed by atoms with Crippen molar-refractivity contribution in [1.82, 2.24) is 13.7 Å². The summed E-state index contributed by atoms with van der Waals surface area (Å²) in [5.74, 6) is -0.957. The van der Waals surface area contributed by atoms with Gasteiger partial charge in [-0.15, -0.1) is 0 Å². The van der Waals surface area contributed by atoms with Crippen molar-refractivity contribution in [2.75, 3.05) is 12.4 Å². The van der Waals surface area contributed by atoms with Gasteiger partial charge in [0, 0.05) is 28.4 Å². The van der Waals surface area contributed by atoms with Crippen molar-refractivity contribution < 1.29 is 39.5 Å². The van der Waals surface area contributed by atoms with Crippen molar-refractivity contribution in [3.8, 4) is 0 Å². The molecule has 15 heteroatoms. The molecule has 0 amide bonds. The van der Waals surface area contributed by atoms with Gasteiger partial charge in [-0.3, -0.25) is 9.59 Å². The van der Waals surface area contributed by atoms with Crippen LogP contribution in [0.4, 0.5) is 0 Å². The van der Waals surface area contributed by atoms with E-state index in [4.69, 9.17) is 9.47 Å².